The van der Waals surface area contributed by atoms with E-state index in [9.17, 15) is 8.42 Å². The molecule has 3 rings (SSSR count). The van der Waals surface area contributed by atoms with Crippen molar-refractivity contribution in [3.63, 3.8) is 0 Å². The molecule has 25 heavy (non-hydrogen) atoms. The topological polar surface area (TPSA) is 73.2 Å². The number of hydrogen-bond donors (Lipinski definition) is 1. The van der Waals surface area contributed by atoms with Gasteiger partial charge in [-0.15, -0.1) is 0 Å². The van der Waals surface area contributed by atoms with Crippen LogP contribution in [0.3, 0.4) is 0 Å². The average molecular weight is 357 g/mol. The van der Waals surface area contributed by atoms with Crippen molar-refractivity contribution in [3.05, 3.63) is 72.1 Å². The second-order valence-electron chi connectivity index (χ2n) is 5.53. The van der Waals surface area contributed by atoms with Crippen molar-refractivity contribution in [1.82, 2.24) is 14.5 Å². The van der Waals surface area contributed by atoms with E-state index in [2.05, 4.69) is 9.82 Å². The van der Waals surface area contributed by atoms with E-state index in [1.807, 2.05) is 48.5 Å². The van der Waals surface area contributed by atoms with Crippen LogP contribution in [-0.4, -0.2) is 25.3 Å². The third-order valence-corrected chi connectivity index (χ3v) is 5.27. The van der Waals surface area contributed by atoms with Gasteiger partial charge in [-0.3, -0.25) is 0 Å². The van der Waals surface area contributed by atoms with Gasteiger partial charge in [-0.05, 0) is 36.8 Å². The van der Waals surface area contributed by atoms with Gasteiger partial charge in [0.1, 0.15) is 10.6 Å². The lowest BCUT2D eigenvalue weighted by Crippen LogP contribution is -2.23. The Labute approximate surface area is 147 Å². The minimum absolute atomic E-state index is 0.166. The molecule has 0 aliphatic carbocycles. The summed E-state index contributed by atoms with van der Waals surface area (Å²) in [5.74, 6) is 0.685. The fourth-order valence-corrected chi connectivity index (χ4v) is 3.64. The van der Waals surface area contributed by atoms with Gasteiger partial charge >= 0.3 is 0 Å². The van der Waals surface area contributed by atoms with Crippen LogP contribution < -0.4 is 9.46 Å². The molecule has 7 heteroatoms. The van der Waals surface area contributed by atoms with Gasteiger partial charge < -0.3 is 4.74 Å². The van der Waals surface area contributed by atoms with E-state index < -0.39 is 10.0 Å². The summed E-state index contributed by atoms with van der Waals surface area (Å²) >= 11 is 0. The first-order chi connectivity index (χ1) is 12.0. The number of nitrogens with zero attached hydrogens (tertiary/aromatic N) is 2. The smallest absolute Gasteiger partial charge is 0.244 e. The molecule has 1 aromatic heterocycles. The standard InChI is InChI=1S/C18H19N3O3S/c1-14-18(13-21(20-14)16-8-4-3-5-9-16)25(22,23)19-12-15-7-6-10-17(11-15)24-2/h3-11,13,19H,12H2,1-2H3. The highest BCUT2D eigenvalue weighted by molar-refractivity contribution is 7.89. The Kier molecular flexibility index (Phi) is 4.87. The molecule has 0 aliphatic rings. The summed E-state index contributed by atoms with van der Waals surface area (Å²) in [5, 5.41) is 4.31. The first kappa shape index (κ1) is 17.2. The molecule has 0 unspecified atom stereocenters. The summed E-state index contributed by atoms with van der Waals surface area (Å²) in [7, 11) is -2.10. The minimum Gasteiger partial charge on any atom is -0.497 e. The van der Waals surface area contributed by atoms with Gasteiger partial charge in [0.2, 0.25) is 10.0 Å². The van der Waals surface area contributed by atoms with Crippen LogP contribution in [0.4, 0.5) is 0 Å². The molecular weight excluding hydrogens is 338 g/mol. The lowest BCUT2D eigenvalue weighted by molar-refractivity contribution is 0.414. The number of nitrogens with one attached hydrogen (secondary N) is 1. The largest absolute Gasteiger partial charge is 0.497 e. The number of aromatic nitrogens is 2. The van der Waals surface area contributed by atoms with Gasteiger partial charge in [0.05, 0.1) is 24.7 Å². The maximum absolute atomic E-state index is 12.6. The summed E-state index contributed by atoms with van der Waals surface area (Å²) in [6.07, 6.45) is 1.53. The molecule has 2 aromatic carbocycles. The first-order valence-corrected chi connectivity index (χ1v) is 9.22. The first-order valence-electron chi connectivity index (χ1n) is 7.74. The van der Waals surface area contributed by atoms with Crippen LogP contribution in [-0.2, 0) is 16.6 Å². The van der Waals surface area contributed by atoms with Crippen molar-refractivity contribution in [3.8, 4) is 11.4 Å². The number of methoxy groups -OCH3 is 1. The summed E-state index contributed by atoms with van der Waals surface area (Å²) in [5.41, 5.74) is 2.07. The van der Waals surface area contributed by atoms with Gasteiger partial charge in [0.25, 0.3) is 0 Å². The summed E-state index contributed by atoms with van der Waals surface area (Å²) in [4.78, 5) is 0.166. The Balaban J connectivity index is 1.81. The van der Waals surface area contributed by atoms with Crippen LogP contribution in [0.1, 0.15) is 11.3 Å². The van der Waals surface area contributed by atoms with Crippen molar-refractivity contribution < 1.29 is 13.2 Å². The molecular formula is C18H19N3O3S. The quantitative estimate of drug-likeness (QED) is 0.736. The zero-order valence-corrected chi connectivity index (χ0v) is 14.8. The highest BCUT2D eigenvalue weighted by Crippen LogP contribution is 2.18. The van der Waals surface area contributed by atoms with Crippen LogP contribution >= 0.6 is 0 Å². The Morgan fingerprint density at radius 2 is 1.88 bits per heavy atom. The van der Waals surface area contributed by atoms with E-state index in [0.29, 0.717) is 11.4 Å². The average Bonchev–Trinajstić information content (AvgIpc) is 3.04. The van der Waals surface area contributed by atoms with Crippen molar-refractivity contribution >= 4 is 10.0 Å². The zero-order chi connectivity index (χ0) is 17.9. The fourth-order valence-electron chi connectivity index (χ4n) is 2.46. The van der Waals surface area contributed by atoms with E-state index in [0.717, 1.165) is 11.3 Å². The third-order valence-electron chi connectivity index (χ3n) is 3.76. The summed E-state index contributed by atoms with van der Waals surface area (Å²) < 4.78 is 34.6. The predicted octanol–water partition coefficient (Wildman–Crippen LogP) is 2.67. The number of aryl methyl sites for hydroxylation is 1. The Bertz CT molecular complexity index is 966. The summed E-state index contributed by atoms with van der Waals surface area (Å²) in [6, 6.07) is 16.6. The van der Waals surface area contributed by atoms with Crippen molar-refractivity contribution in [1.29, 1.82) is 0 Å². The minimum atomic E-state index is -3.67. The third kappa shape index (κ3) is 3.89. The van der Waals surface area contributed by atoms with Crippen LogP contribution in [0.5, 0.6) is 5.75 Å². The number of benzene rings is 2. The lowest BCUT2D eigenvalue weighted by atomic mass is 10.2. The molecule has 0 bridgehead atoms. The molecule has 1 heterocycles. The molecule has 130 valence electrons. The normalized spacial score (nSPS) is 11.4. The number of hydrogen-bond acceptors (Lipinski definition) is 4. The second-order valence-corrected chi connectivity index (χ2v) is 7.27. The van der Waals surface area contributed by atoms with Crippen molar-refractivity contribution in [2.45, 2.75) is 18.4 Å². The van der Waals surface area contributed by atoms with E-state index in [1.54, 1.807) is 24.8 Å². The summed E-state index contributed by atoms with van der Waals surface area (Å²) in [6.45, 7) is 1.86. The molecule has 0 atom stereocenters. The molecule has 0 spiro atoms. The highest BCUT2D eigenvalue weighted by Gasteiger charge is 2.20. The van der Waals surface area contributed by atoms with E-state index in [1.165, 1.54) is 6.20 Å². The number of para-hydroxylation sites is 1. The molecule has 0 saturated carbocycles. The van der Waals surface area contributed by atoms with Crippen LogP contribution in [0, 0.1) is 6.92 Å². The Morgan fingerprint density at radius 3 is 2.60 bits per heavy atom. The molecule has 0 saturated heterocycles. The van der Waals surface area contributed by atoms with E-state index in [-0.39, 0.29) is 11.4 Å². The molecule has 1 N–H and O–H groups in total. The maximum Gasteiger partial charge on any atom is 0.244 e. The predicted molar refractivity (Wildman–Crippen MR) is 95.3 cm³/mol. The number of sulfonamides is 1. The molecule has 0 amide bonds. The zero-order valence-electron chi connectivity index (χ0n) is 14.0. The second kappa shape index (κ2) is 7.08. The Hall–Kier alpha value is -2.64. The fraction of sp³-hybridized carbons (Fsp3) is 0.167. The monoisotopic (exact) mass is 357 g/mol. The van der Waals surface area contributed by atoms with Crippen LogP contribution in [0.25, 0.3) is 5.69 Å². The highest BCUT2D eigenvalue weighted by atomic mass is 32.2. The maximum atomic E-state index is 12.6. The lowest BCUT2D eigenvalue weighted by Gasteiger charge is -2.07. The molecule has 0 fully saturated rings. The number of rotatable bonds is 6. The van der Waals surface area contributed by atoms with Crippen molar-refractivity contribution in [2.24, 2.45) is 0 Å². The molecule has 3 aromatic rings. The van der Waals surface area contributed by atoms with Gasteiger partial charge in [-0.2, -0.15) is 5.10 Å². The van der Waals surface area contributed by atoms with Crippen molar-refractivity contribution in [2.75, 3.05) is 7.11 Å². The van der Waals surface area contributed by atoms with E-state index >= 15 is 0 Å². The van der Waals surface area contributed by atoms with Crippen LogP contribution in [0.15, 0.2) is 65.7 Å². The van der Waals surface area contributed by atoms with E-state index in [4.69, 9.17) is 4.74 Å². The van der Waals surface area contributed by atoms with Crippen LogP contribution in [0.2, 0.25) is 0 Å². The van der Waals surface area contributed by atoms with Gasteiger partial charge in [-0.1, -0.05) is 30.3 Å². The van der Waals surface area contributed by atoms with Gasteiger partial charge in [0.15, 0.2) is 0 Å². The molecule has 0 aliphatic heterocycles. The SMILES string of the molecule is COc1cccc(CNS(=O)(=O)c2cn(-c3ccccc3)nc2C)c1. The van der Waals surface area contributed by atoms with Gasteiger partial charge in [0, 0.05) is 6.54 Å². The number of ether oxygens (including phenoxy) is 1. The molecule has 6 nitrogen and oxygen atoms in total. The molecule has 0 radical (unpaired) electrons. The Morgan fingerprint density at radius 1 is 1.12 bits per heavy atom. The van der Waals surface area contributed by atoms with Gasteiger partial charge in [-0.25, -0.2) is 17.8 Å².